The number of methoxy groups -OCH3 is 2. The Hall–Kier alpha value is -4.45. The first-order valence-electron chi connectivity index (χ1n) is 17.1. The van der Waals surface area contributed by atoms with E-state index in [9.17, 15) is 14.0 Å². The number of aliphatic imine (C=N–C) groups is 1. The molecule has 2 amide bonds. The van der Waals surface area contributed by atoms with E-state index < -0.39 is 23.8 Å². The first kappa shape index (κ1) is 33.1. The average Bonchev–Trinajstić information content (AvgIpc) is 3.69. The van der Waals surface area contributed by atoms with E-state index in [2.05, 4.69) is 38.7 Å². The molecule has 0 bridgehead atoms. The molecule has 3 aromatic heterocycles. The van der Waals surface area contributed by atoms with Crippen LogP contribution >= 0.6 is 0 Å². The monoisotopic (exact) mass is 672 g/mol. The number of amides is 2. The molecule has 0 radical (unpaired) electrons. The van der Waals surface area contributed by atoms with E-state index in [4.69, 9.17) is 19.3 Å². The van der Waals surface area contributed by atoms with Crippen molar-refractivity contribution >= 4 is 39.8 Å². The minimum absolute atomic E-state index is 0.0238. The molecule has 1 aromatic carbocycles. The molecule has 3 aliphatic rings. The number of carbonyl (C=O) groups excluding carboxylic acids is 2. The molecule has 1 saturated carbocycles. The molecule has 0 N–H and O–H groups in total. The van der Waals surface area contributed by atoms with Crippen LogP contribution < -0.4 is 9.64 Å². The van der Waals surface area contributed by atoms with E-state index in [-0.39, 0.29) is 25.2 Å². The molecule has 12 heteroatoms. The summed E-state index contributed by atoms with van der Waals surface area (Å²) in [5.41, 5.74) is 5.77. The zero-order chi connectivity index (χ0) is 34.6. The van der Waals surface area contributed by atoms with Crippen LogP contribution in [-0.2, 0) is 16.0 Å². The van der Waals surface area contributed by atoms with Gasteiger partial charge in [0, 0.05) is 67.6 Å². The van der Waals surface area contributed by atoms with Crippen LogP contribution in [0.25, 0.3) is 27.8 Å². The summed E-state index contributed by atoms with van der Waals surface area (Å²) in [6.45, 7) is 10.8. The van der Waals surface area contributed by atoms with E-state index in [0.29, 0.717) is 23.1 Å². The van der Waals surface area contributed by atoms with Crippen LogP contribution in [0.1, 0.15) is 56.0 Å². The topological polar surface area (TPSA) is 103 Å². The third-order valence-corrected chi connectivity index (χ3v) is 9.57. The van der Waals surface area contributed by atoms with Crippen molar-refractivity contribution in [2.75, 3.05) is 51.9 Å². The van der Waals surface area contributed by atoms with E-state index >= 15 is 0 Å². The number of ether oxygens (including phenoxy) is 3. The second-order valence-electron chi connectivity index (χ2n) is 14.8. The lowest BCUT2D eigenvalue weighted by molar-refractivity contribution is 0.0595. The summed E-state index contributed by atoms with van der Waals surface area (Å²) in [6.07, 6.45) is 1.93. The van der Waals surface area contributed by atoms with Crippen LogP contribution in [-0.4, -0.2) is 95.6 Å². The summed E-state index contributed by atoms with van der Waals surface area (Å²) in [4.78, 5) is 33.9. The molecule has 3 fully saturated rings. The van der Waals surface area contributed by atoms with Crippen molar-refractivity contribution in [1.29, 1.82) is 0 Å². The van der Waals surface area contributed by atoms with Crippen LogP contribution in [0.2, 0.25) is 0 Å². The van der Waals surface area contributed by atoms with Gasteiger partial charge in [0.15, 0.2) is 0 Å². The number of piperidine rings is 1. The molecule has 11 nitrogen and oxygen atoms in total. The van der Waals surface area contributed by atoms with E-state index in [1.165, 1.54) is 28.9 Å². The number of likely N-dealkylation sites (tertiary alicyclic amines) is 1. The number of anilines is 1. The molecule has 2 aliphatic heterocycles. The number of benzene rings is 1. The smallest absolute Gasteiger partial charge is 0.434 e. The molecule has 0 spiro atoms. The SMILES string of the molecule is COCC1CN(c2ccc3cc(-c4nn5cc(C(=O)N6C/C(=N\C(=O)OC(C)(C)C)C[C@@H](F)C6)cc(OC)c5c4C)n(CC4CC4)c3c2)C1. The lowest BCUT2D eigenvalue weighted by atomic mass is 10.00. The van der Waals surface area contributed by atoms with Gasteiger partial charge in [0.2, 0.25) is 0 Å². The van der Waals surface area contributed by atoms with E-state index in [0.717, 1.165) is 54.1 Å². The predicted octanol–water partition coefficient (Wildman–Crippen LogP) is 6.33. The molecular weight excluding hydrogens is 627 g/mol. The van der Waals surface area contributed by atoms with Crippen molar-refractivity contribution < 1.29 is 28.2 Å². The minimum atomic E-state index is -1.36. The van der Waals surface area contributed by atoms with Gasteiger partial charge < -0.3 is 28.6 Å². The fourth-order valence-electron chi connectivity index (χ4n) is 7.06. The maximum atomic E-state index is 14.9. The Bertz CT molecular complexity index is 1950. The third-order valence-electron chi connectivity index (χ3n) is 9.57. The molecule has 5 heterocycles. The van der Waals surface area contributed by atoms with Crippen molar-refractivity contribution in [3.8, 4) is 17.1 Å². The molecule has 260 valence electrons. The van der Waals surface area contributed by atoms with Gasteiger partial charge in [-0.05, 0) is 70.7 Å². The van der Waals surface area contributed by atoms with Crippen molar-refractivity contribution in [3.63, 3.8) is 0 Å². The third kappa shape index (κ3) is 6.75. The molecule has 7 rings (SSSR count). The number of hydrogen-bond acceptors (Lipinski definition) is 7. The largest absolute Gasteiger partial charge is 0.494 e. The zero-order valence-corrected chi connectivity index (χ0v) is 29.2. The Morgan fingerprint density at radius 1 is 1.06 bits per heavy atom. The van der Waals surface area contributed by atoms with Crippen molar-refractivity contribution in [2.45, 2.75) is 65.3 Å². The Labute approximate surface area is 285 Å². The van der Waals surface area contributed by atoms with Crippen LogP contribution in [0.4, 0.5) is 14.9 Å². The maximum absolute atomic E-state index is 14.9. The number of fused-ring (bicyclic) bond motifs is 2. The lowest BCUT2D eigenvalue weighted by Gasteiger charge is -2.40. The van der Waals surface area contributed by atoms with Gasteiger partial charge in [-0.25, -0.2) is 13.7 Å². The van der Waals surface area contributed by atoms with Gasteiger partial charge in [-0.2, -0.15) is 10.1 Å². The molecule has 4 aromatic rings. The molecule has 49 heavy (non-hydrogen) atoms. The van der Waals surface area contributed by atoms with E-state index in [1.807, 2.05) is 6.92 Å². The van der Waals surface area contributed by atoms with Gasteiger partial charge in [-0.15, -0.1) is 0 Å². The molecule has 2 saturated heterocycles. The normalized spacial score (nSPS) is 19.6. The number of hydrogen-bond donors (Lipinski definition) is 0. The fraction of sp³-hybridized carbons (Fsp3) is 0.514. The van der Waals surface area contributed by atoms with Crippen LogP contribution in [0, 0.1) is 18.8 Å². The van der Waals surface area contributed by atoms with Gasteiger partial charge in [0.25, 0.3) is 5.91 Å². The number of halogens is 1. The highest BCUT2D eigenvalue weighted by molar-refractivity contribution is 6.02. The van der Waals surface area contributed by atoms with Gasteiger partial charge in [-0.3, -0.25) is 4.79 Å². The number of rotatable bonds is 8. The summed E-state index contributed by atoms with van der Waals surface area (Å²) in [6, 6.07) is 10.6. The van der Waals surface area contributed by atoms with Crippen LogP contribution in [0.15, 0.2) is 41.5 Å². The second kappa shape index (κ2) is 12.8. The molecular formula is C37H45FN6O5. The number of alkyl halides is 1. The summed E-state index contributed by atoms with van der Waals surface area (Å²) in [5, 5.41) is 6.20. The Kier molecular flexibility index (Phi) is 8.62. The van der Waals surface area contributed by atoms with Gasteiger partial charge in [0.05, 0.1) is 43.6 Å². The maximum Gasteiger partial charge on any atom is 0.434 e. The summed E-state index contributed by atoms with van der Waals surface area (Å²) in [5.74, 6) is 1.29. The zero-order valence-electron chi connectivity index (χ0n) is 29.2. The van der Waals surface area contributed by atoms with Crippen molar-refractivity contribution in [3.05, 3.63) is 47.7 Å². The first-order chi connectivity index (χ1) is 23.4. The minimum Gasteiger partial charge on any atom is -0.494 e. The molecule has 0 unspecified atom stereocenters. The Morgan fingerprint density at radius 2 is 1.84 bits per heavy atom. The highest BCUT2D eigenvalue weighted by Crippen LogP contribution is 2.40. The summed E-state index contributed by atoms with van der Waals surface area (Å²) >= 11 is 0. The Balaban J connectivity index is 1.22. The number of carbonyl (C=O) groups is 2. The van der Waals surface area contributed by atoms with Crippen LogP contribution in [0.3, 0.4) is 0 Å². The standard InChI is InChI=1S/C37H45FN6O5/c1-22-33(31-11-25-9-10-29(41-15-24(16-41)21-47-5)14-30(25)43(31)17-23-7-8-23)40-44-18-26(12-32(48-6)34(22)44)35(45)42-19-27(38)13-28(20-42)39-36(46)49-37(2,3)4/h9-12,14,18,23-24,27H,7-8,13,15-17,19-21H2,1-6H3/b39-28-/t27-/m1/s1. The quantitative estimate of drug-likeness (QED) is 0.216. The lowest BCUT2D eigenvalue weighted by Crippen LogP contribution is -2.48. The first-order valence-corrected chi connectivity index (χ1v) is 17.1. The van der Waals surface area contributed by atoms with Crippen molar-refractivity contribution in [1.82, 2.24) is 19.1 Å². The fourth-order valence-corrected chi connectivity index (χ4v) is 7.06. The predicted molar refractivity (Wildman–Crippen MR) is 187 cm³/mol. The number of pyridine rings is 1. The summed E-state index contributed by atoms with van der Waals surface area (Å²) < 4.78 is 35.4. The summed E-state index contributed by atoms with van der Waals surface area (Å²) in [7, 11) is 3.32. The number of aryl methyl sites for hydroxylation is 1. The van der Waals surface area contributed by atoms with E-state index in [1.54, 1.807) is 51.8 Å². The Morgan fingerprint density at radius 3 is 2.53 bits per heavy atom. The number of aromatic nitrogens is 3. The van der Waals surface area contributed by atoms with Gasteiger partial charge in [0.1, 0.15) is 28.7 Å². The molecule has 1 atom stereocenters. The average molecular weight is 673 g/mol. The van der Waals surface area contributed by atoms with Crippen LogP contribution in [0.5, 0.6) is 5.75 Å². The van der Waals surface area contributed by atoms with Crippen molar-refractivity contribution in [2.24, 2.45) is 16.8 Å². The highest BCUT2D eigenvalue weighted by Gasteiger charge is 2.32. The van der Waals surface area contributed by atoms with Gasteiger partial charge >= 0.3 is 6.09 Å². The second-order valence-corrected chi connectivity index (χ2v) is 14.8. The molecule has 1 aliphatic carbocycles. The number of nitrogens with zero attached hydrogens (tertiary/aromatic N) is 6. The highest BCUT2D eigenvalue weighted by atomic mass is 19.1. The van der Waals surface area contributed by atoms with Gasteiger partial charge in [-0.1, -0.05) is 6.07 Å².